The van der Waals surface area contributed by atoms with E-state index in [0.717, 1.165) is 0 Å². The van der Waals surface area contributed by atoms with Crippen LogP contribution in [0.15, 0.2) is 24.5 Å². The second kappa shape index (κ2) is 6.32. The molecule has 102 valence electrons. The van der Waals surface area contributed by atoms with Crippen molar-refractivity contribution in [2.45, 2.75) is 6.42 Å². The Hall–Kier alpha value is -1.47. The first kappa shape index (κ1) is 14.9. The van der Waals surface area contributed by atoms with E-state index in [1.807, 2.05) is 0 Å². The van der Waals surface area contributed by atoms with Crippen LogP contribution in [0.25, 0.3) is 11.1 Å². The Morgan fingerprint density at radius 3 is 2.55 bits per heavy atom. The molecule has 3 nitrogen and oxygen atoms in total. The Labute approximate surface area is 131 Å². The van der Waals surface area contributed by atoms with E-state index in [-0.39, 0.29) is 11.4 Å². The minimum Gasteiger partial charge on any atom is -0.495 e. The molecule has 0 radical (unpaired) electrons. The van der Waals surface area contributed by atoms with E-state index in [0.29, 0.717) is 32.5 Å². The number of nitrogens with zero attached hydrogens (tertiary/aromatic N) is 2. The molecule has 20 heavy (non-hydrogen) atoms. The van der Waals surface area contributed by atoms with Gasteiger partial charge >= 0.3 is 0 Å². The highest BCUT2D eigenvalue weighted by molar-refractivity contribution is 6.49. The van der Waals surface area contributed by atoms with Gasteiger partial charge in [-0.1, -0.05) is 40.9 Å². The van der Waals surface area contributed by atoms with Gasteiger partial charge in [-0.15, -0.1) is 0 Å². The third-order valence-corrected chi connectivity index (χ3v) is 4.11. The van der Waals surface area contributed by atoms with Crippen molar-refractivity contribution in [3.05, 3.63) is 45.2 Å². The number of aromatic nitrogens is 1. The van der Waals surface area contributed by atoms with Gasteiger partial charge in [0.15, 0.2) is 0 Å². The maximum absolute atomic E-state index is 8.97. The molecule has 0 aliphatic rings. The number of rotatable bonds is 3. The van der Waals surface area contributed by atoms with Crippen molar-refractivity contribution < 1.29 is 4.74 Å². The molecule has 0 atom stereocenters. The molecule has 0 N–H and O–H groups in total. The fourth-order valence-corrected chi connectivity index (χ4v) is 2.51. The average molecular weight is 328 g/mol. The predicted octanol–water partition coefficient (Wildman–Crippen LogP) is 4.78. The SMILES string of the molecule is COc1cncc(-c2ccc(Cl)c(Cl)c2Cl)c1CC#N. The average Bonchev–Trinajstić information content (AvgIpc) is 2.46. The Balaban J connectivity index is 2.70. The van der Waals surface area contributed by atoms with Crippen LogP contribution >= 0.6 is 34.8 Å². The van der Waals surface area contributed by atoms with Crippen LogP contribution in [-0.2, 0) is 6.42 Å². The van der Waals surface area contributed by atoms with Gasteiger partial charge in [-0.25, -0.2) is 0 Å². The first-order valence-corrected chi connectivity index (χ1v) is 6.75. The Morgan fingerprint density at radius 2 is 1.90 bits per heavy atom. The topological polar surface area (TPSA) is 45.9 Å². The monoisotopic (exact) mass is 326 g/mol. The molecule has 1 heterocycles. The molecule has 1 aromatic heterocycles. The summed E-state index contributed by atoms with van der Waals surface area (Å²) in [6.07, 6.45) is 3.36. The minimum absolute atomic E-state index is 0.178. The highest BCUT2D eigenvalue weighted by Crippen LogP contribution is 2.40. The molecule has 0 spiro atoms. The second-order valence-electron chi connectivity index (χ2n) is 3.93. The van der Waals surface area contributed by atoms with Crippen molar-refractivity contribution in [2.24, 2.45) is 0 Å². The number of hydrogen-bond acceptors (Lipinski definition) is 3. The Bertz CT molecular complexity index is 696. The Morgan fingerprint density at radius 1 is 1.15 bits per heavy atom. The standard InChI is InChI=1S/C14H9Cl3N2O/c1-20-12-7-19-6-10(8(12)4-5-18)9-2-3-11(15)14(17)13(9)16/h2-3,6-7H,4H2,1H3. The number of pyridine rings is 1. The van der Waals surface area contributed by atoms with E-state index in [9.17, 15) is 0 Å². The number of hydrogen-bond donors (Lipinski definition) is 0. The van der Waals surface area contributed by atoms with Crippen molar-refractivity contribution >= 4 is 34.8 Å². The molecule has 0 amide bonds. The number of benzene rings is 1. The fourth-order valence-electron chi connectivity index (χ4n) is 1.87. The van der Waals surface area contributed by atoms with Crippen molar-refractivity contribution in [2.75, 3.05) is 7.11 Å². The molecule has 0 bridgehead atoms. The van der Waals surface area contributed by atoms with Crippen LogP contribution in [0.1, 0.15) is 5.56 Å². The maximum Gasteiger partial charge on any atom is 0.141 e. The molecule has 0 fully saturated rings. The van der Waals surface area contributed by atoms with Gasteiger partial charge in [0, 0.05) is 22.9 Å². The van der Waals surface area contributed by atoms with Crippen LogP contribution in [0.3, 0.4) is 0 Å². The number of halogens is 3. The summed E-state index contributed by atoms with van der Waals surface area (Å²) >= 11 is 18.2. The summed E-state index contributed by atoms with van der Waals surface area (Å²) in [7, 11) is 1.53. The molecule has 6 heteroatoms. The normalized spacial score (nSPS) is 10.2. The molecule has 0 aliphatic heterocycles. The van der Waals surface area contributed by atoms with Crippen molar-refractivity contribution in [3.8, 4) is 22.9 Å². The summed E-state index contributed by atoms with van der Waals surface area (Å²) in [5.74, 6) is 0.534. The maximum atomic E-state index is 8.97. The molecule has 1 aromatic carbocycles. The minimum atomic E-state index is 0.178. The second-order valence-corrected chi connectivity index (χ2v) is 5.09. The molecular weight excluding hydrogens is 319 g/mol. The number of ether oxygens (including phenoxy) is 1. The van der Waals surface area contributed by atoms with Gasteiger partial charge in [-0.2, -0.15) is 5.26 Å². The molecular formula is C14H9Cl3N2O. The van der Waals surface area contributed by atoms with Gasteiger partial charge in [0.25, 0.3) is 0 Å². The van der Waals surface area contributed by atoms with Crippen LogP contribution in [0, 0.1) is 11.3 Å². The summed E-state index contributed by atoms with van der Waals surface area (Å²) in [5, 5.41) is 9.95. The van der Waals surface area contributed by atoms with Crippen LogP contribution in [0.4, 0.5) is 0 Å². The molecule has 0 saturated carbocycles. The van der Waals surface area contributed by atoms with Crippen molar-refractivity contribution in [3.63, 3.8) is 0 Å². The van der Waals surface area contributed by atoms with Crippen LogP contribution in [0.5, 0.6) is 5.75 Å². The van der Waals surface area contributed by atoms with E-state index in [4.69, 9.17) is 44.8 Å². The van der Waals surface area contributed by atoms with Gasteiger partial charge in [-0.05, 0) is 6.07 Å². The van der Waals surface area contributed by atoms with Gasteiger partial charge in [0.1, 0.15) is 5.75 Å². The smallest absolute Gasteiger partial charge is 0.141 e. The van der Waals surface area contributed by atoms with E-state index < -0.39 is 0 Å². The molecule has 0 unspecified atom stereocenters. The zero-order valence-electron chi connectivity index (χ0n) is 10.5. The molecule has 0 saturated heterocycles. The highest BCUT2D eigenvalue weighted by atomic mass is 35.5. The lowest BCUT2D eigenvalue weighted by molar-refractivity contribution is 0.409. The first-order chi connectivity index (χ1) is 9.60. The molecule has 2 aromatic rings. The number of methoxy groups -OCH3 is 1. The quantitative estimate of drug-likeness (QED) is 0.762. The Kier molecular flexibility index (Phi) is 4.72. The molecule has 0 aliphatic carbocycles. The lowest BCUT2D eigenvalue weighted by Crippen LogP contribution is -1.97. The lowest BCUT2D eigenvalue weighted by Gasteiger charge is -2.13. The number of nitriles is 1. The third kappa shape index (κ3) is 2.69. The van der Waals surface area contributed by atoms with Gasteiger partial charge in [0.2, 0.25) is 0 Å². The third-order valence-electron chi connectivity index (χ3n) is 2.82. The van der Waals surface area contributed by atoms with Gasteiger partial charge < -0.3 is 4.74 Å². The zero-order valence-corrected chi connectivity index (χ0v) is 12.7. The summed E-state index contributed by atoms with van der Waals surface area (Å²) in [6.45, 7) is 0. The summed E-state index contributed by atoms with van der Waals surface area (Å²) < 4.78 is 5.24. The van der Waals surface area contributed by atoms with Crippen LogP contribution in [0.2, 0.25) is 15.1 Å². The van der Waals surface area contributed by atoms with Crippen molar-refractivity contribution in [1.29, 1.82) is 5.26 Å². The van der Waals surface area contributed by atoms with Crippen molar-refractivity contribution in [1.82, 2.24) is 4.98 Å². The predicted molar refractivity (Wildman–Crippen MR) is 80.6 cm³/mol. The van der Waals surface area contributed by atoms with E-state index in [1.165, 1.54) is 7.11 Å². The van der Waals surface area contributed by atoms with Gasteiger partial charge in [-0.3, -0.25) is 4.98 Å². The van der Waals surface area contributed by atoms with E-state index >= 15 is 0 Å². The van der Waals surface area contributed by atoms with Crippen LogP contribution < -0.4 is 4.74 Å². The largest absolute Gasteiger partial charge is 0.495 e. The van der Waals surface area contributed by atoms with Crippen LogP contribution in [-0.4, -0.2) is 12.1 Å². The van der Waals surface area contributed by atoms with E-state index in [1.54, 1.807) is 24.5 Å². The zero-order chi connectivity index (χ0) is 14.7. The molecule has 2 rings (SSSR count). The summed E-state index contributed by atoms with van der Waals surface area (Å²) in [4.78, 5) is 4.10. The fraction of sp³-hybridized carbons (Fsp3) is 0.143. The highest BCUT2D eigenvalue weighted by Gasteiger charge is 2.16. The lowest BCUT2D eigenvalue weighted by atomic mass is 9.99. The van der Waals surface area contributed by atoms with E-state index in [2.05, 4.69) is 11.1 Å². The van der Waals surface area contributed by atoms with Gasteiger partial charge in [0.05, 0.1) is 40.9 Å². The summed E-state index contributed by atoms with van der Waals surface area (Å²) in [6, 6.07) is 5.50. The first-order valence-electron chi connectivity index (χ1n) is 5.61. The summed E-state index contributed by atoms with van der Waals surface area (Å²) in [5.41, 5.74) is 2.08.